The molecule has 0 N–H and O–H groups in total. The summed E-state index contributed by atoms with van der Waals surface area (Å²) in [5.74, 6) is 3.29. The fourth-order valence-electron chi connectivity index (χ4n) is 7.56. The smallest absolute Gasteiger partial charge is 0.239 e. The van der Waals surface area contributed by atoms with Crippen LogP contribution in [0.4, 0.5) is 0 Å². The number of fused-ring (bicyclic) bond motifs is 4. The van der Waals surface area contributed by atoms with Crippen LogP contribution in [-0.4, -0.2) is 16.7 Å². The number of aromatic nitrogens is 2. The van der Waals surface area contributed by atoms with Crippen LogP contribution in [0.15, 0.2) is 152 Å². The van der Waals surface area contributed by atoms with Crippen LogP contribution in [0, 0.1) is 39.8 Å². The first kappa shape index (κ1) is 36.9. The predicted octanol–water partition coefficient (Wildman–Crippen LogP) is 10.4. The van der Waals surface area contributed by atoms with Gasteiger partial charge in [0.05, 0.1) is 0 Å². The van der Waals surface area contributed by atoms with E-state index in [2.05, 4.69) is 142 Å². The molecule has 10 rings (SSSR count). The van der Waals surface area contributed by atoms with Crippen LogP contribution in [0.25, 0.3) is 44.8 Å². The Kier molecular flexibility index (Phi) is 10.3. The van der Waals surface area contributed by atoms with Crippen LogP contribution in [0.3, 0.4) is 0 Å². The molecule has 8 aromatic rings. The summed E-state index contributed by atoms with van der Waals surface area (Å²) >= 11 is 0. The Hall–Kier alpha value is -6.07. The van der Waals surface area contributed by atoms with Gasteiger partial charge < -0.3 is 19.4 Å². The first-order chi connectivity index (χ1) is 26.9. The Balaban J connectivity index is 0.000000173. The van der Waals surface area contributed by atoms with Crippen molar-refractivity contribution < 1.29 is 29.6 Å². The Morgan fingerprint density at radius 1 is 0.518 bits per heavy atom. The van der Waals surface area contributed by atoms with E-state index in [0.29, 0.717) is 0 Å². The van der Waals surface area contributed by atoms with Gasteiger partial charge in [0.25, 0.3) is 0 Å². The molecule has 0 bridgehead atoms. The molecule has 6 heteroatoms. The zero-order valence-electron chi connectivity index (χ0n) is 31.6. The second-order valence-electron chi connectivity index (χ2n) is 14.2. The van der Waals surface area contributed by atoms with E-state index in [9.17, 15) is 0 Å². The zero-order valence-corrected chi connectivity index (χ0v) is 34.0. The molecule has 0 fully saturated rings. The maximum Gasteiger partial charge on any atom is 0.239 e. The van der Waals surface area contributed by atoms with Gasteiger partial charge in [-0.2, -0.15) is 0 Å². The van der Waals surface area contributed by atoms with Gasteiger partial charge in [0, 0.05) is 44.0 Å². The molecule has 2 aliphatic rings. The zero-order chi connectivity index (χ0) is 37.5. The van der Waals surface area contributed by atoms with E-state index in [-0.39, 0.29) is 26.8 Å². The number of nitrogens with zero attached hydrogens (tertiary/aromatic N) is 2. The van der Waals surface area contributed by atoms with Gasteiger partial charge >= 0.3 is 0 Å². The van der Waals surface area contributed by atoms with Gasteiger partial charge in [-0.1, -0.05) is 132 Å². The Labute approximate surface area is 342 Å². The monoisotopic (exact) mass is 901 g/mol. The third-order valence-corrected chi connectivity index (χ3v) is 10.6. The standard InChI is InChI=1S/C30H19BNO2.C20H18N.Ir/c1-19-8-2-3-9-21(19)20-16-17-32-25(18-20)22-14-15-28-29-30(22)34-27-13-7-5-11-24(27)31(29)23-10-4-6-12-26(23)33-28;1-14-9-10-18(20-11-15(2)16(3)13-21-20)12-19(14)17-7-5-4-6-8-17;/h2-13,15-18H,1H3;4-9,11-13H,1-3H3;/q2*-1;. The maximum absolute atomic E-state index is 6.54. The van der Waals surface area contributed by atoms with E-state index < -0.39 is 0 Å². The van der Waals surface area contributed by atoms with Crippen LogP contribution in [0.2, 0.25) is 0 Å². The van der Waals surface area contributed by atoms with Crippen LogP contribution in [0.5, 0.6) is 23.0 Å². The molecule has 0 amide bonds. The fourth-order valence-corrected chi connectivity index (χ4v) is 7.56. The Morgan fingerprint density at radius 2 is 1.21 bits per heavy atom. The van der Waals surface area contributed by atoms with Crippen molar-refractivity contribution in [2.45, 2.75) is 27.7 Å². The van der Waals surface area contributed by atoms with Gasteiger partial charge in [0.15, 0.2) is 0 Å². The summed E-state index contributed by atoms with van der Waals surface area (Å²) in [5.41, 5.74) is 16.7. The topological polar surface area (TPSA) is 44.2 Å². The second kappa shape index (κ2) is 15.6. The fraction of sp³-hybridized carbons (Fsp3) is 0.0800. The molecule has 6 aromatic carbocycles. The first-order valence-electron chi connectivity index (χ1n) is 18.6. The molecular weight excluding hydrogens is 864 g/mol. The molecule has 1 radical (unpaired) electrons. The largest absolute Gasteiger partial charge is 0.503 e. The molecule has 2 aliphatic heterocycles. The number of aryl methyl sites for hydroxylation is 4. The van der Waals surface area contributed by atoms with Gasteiger partial charge in [-0.15, -0.1) is 41.5 Å². The van der Waals surface area contributed by atoms with Gasteiger partial charge in [0.1, 0.15) is 11.5 Å². The van der Waals surface area contributed by atoms with Crippen molar-refractivity contribution >= 4 is 23.1 Å². The molecule has 273 valence electrons. The van der Waals surface area contributed by atoms with E-state index in [1.54, 1.807) is 0 Å². The minimum Gasteiger partial charge on any atom is -0.503 e. The number of benzene rings is 6. The van der Waals surface area contributed by atoms with Gasteiger partial charge in [-0.05, 0) is 89.1 Å². The van der Waals surface area contributed by atoms with Crippen molar-refractivity contribution in [1.29, 1.82) is 0 Å². The molecule has 4 heterocycles. The molecule has 0 atom stereocenters. The first-order valence-corrected chi connectivity index (χ1v) is 18.6. The van der Waals surface area contributed by atoms with E-state index >= 15 is 0 Å². The minimum atomic E-state index is 0. The summed E-state index contributed by atoms with van der Waals surface area (Å²) in [5, 5.41) is 0. The van der Waals surface area contributed by atoms with Gasteiger partial charge in [0.2, 0.25) is 6.71 Å². The second-order valence-corrected chi connectivity index (χ2v) is 14.2. The molecule has 0 saturated heterocycles. The number of ether oxygens (including phenoxy) is 2. The van der Waals surface area contributed by atoms with E-state index in [4.69, 9.17) is 14.5 Å². The van der Waals surface area contributed by atoms with Crippen molar-refractivity contribution in [3.05, 3.63) is 186 Å². The summed E-state index contributed by atoms with van der Waals surface area (Å²) in [6, 6.07) is 54.6. The Morgan fingerprint density at radius 3 is 1.96 bits per heavy atom. The summed E-state index contributed by atoms with van der Waals surface area (Å²) in [7, 11) is 0. The third-order valence-electron chi connectivity index (χ3n) is 10.6. The van der Waals surface area contributed by atoms with Crippen molar-refractivity contribution in [3.8, 4) is 67.8 Å². The summed E-state index contributed by atoms with van der Waals surface area (Å²) in [6.07, 6.45) is 3.79. The normalized spacial score (nSPS) is 11.7. The third kappa shape index (κ3) is 6.87. The quantitative estimate of drug-likeness (QED) is 0.130. The van der Waals surface area contributed by atoms with Crippen LogP contribution < -0.4 is 25.9 Å². The molecule has 0 aliphatic carbocycles. The summed E-state index contributed by atoms with van der Waals surface area (Å²) in [6.45, 7) is 8.49. The van der Waals surface area contributed by atoms with Gasteiger partial charge in [-0.3, -0.25) is 0 Å². The van der Waals surface area contributed by atoms with E-state index in [1.807, 2.05) is 54.9 Å². The number of hydrogen-bond donors (Lipinski definition) is 0. The average Bonchev–Trinajstić information content (AvgIpc) is 3.23. The minimum absolute atomic E-state index is 0. The van der Waals surface area contributed by atoms with Crippen molar-refractivity contribution in [3.63, 3.8) is 0 Å². The number of rotatable bonds is 4. The molecule has 2 aromatic heterocycles. The number of hydrogen-bond acceptors (Lipinski definition) is 4. The summed E-state index contributed by atoms with van der Waals surface area (Å²) in [4.78, 5) is 9.26. The van der Waals surface area contributed by atoms with E-state index in [0.717, 1.165) is 67.5 Å². The van der Waals surface area contributed by atoms with Crippen LogP contribution in [-0.2, 0) is 20.1 Å². The van der Waals surface area contributed by atoms with Crippen molar-refractivity contribution in [1.82, 2.24) is 9.97 Å². The molecule has 56 heavy (non-hydrogen) atoms. The predicted molar refractivity (Wildman–Crippen MR) is 225 cm³/mol. The molecule has 4 nitrogen and oxygen atoms in total. The van der Waals surface area contributed by atoms with Crippen molar-refractivity contribution in [2.75, 3.05) is 0 Å². The molecule has 0 saturated carbocycles. The SMILES string of the molecule is Cc1ccccc1-c1ccnc(-c2[c-]cc3c4c2Oc2ccccc2B4c2ccccc2O3)c1.Cc1cnc(-c2[c-]cc(C)c(-c3ccccc3)c2)cc1C.[Ir]. The van der Waals surface area contributed by atoms with Crippen molar-refractivity contribution in [2.24, 2.45) is 0 Å². The maximum atomic E-state index is 6.54. The average molecular weight is 901 g/mol. The van der Waals surface area contributed by atoms with E-state index in [1.165, 1.54) is 38.9 Å². The van der Waals surface area contributed by atoms with Gasteiger partial charge in [-0.25, -0.2) is 0 Å². The molecule has 0 unspecified atom stereocenters. The van der Waals surface area contributed by atoms with Crippen LogP contribution in [0.1, 0.15) is 22.3 Å². The Bertz CT molecular complexity index is 2720. The molecule has 0 spiro atoms. The molecular formula is C50H37BIrN2O2-2. The van der Waals surface area contributed by atoms with Crippen LogP contribution >= 0.6 is 0 Å². The number of pyridine rings is 2. The number of para-hydroxylation sites is 2. The summed E-state index contributed by atoms with van der Waals surface area (Å²) < 4.78 is 12.9.